The van der Waals surface area contributed by atoms with E-state index in [1.54, 1.807) is 0 Å². The molecule has 1 aromatic rings. The van der Waals surface area contributed by atoms with Crippen LogP contribution < -0.4 is 16.8 Å². The second-order valence-corrected chi connectivity index (χ2v) is 4.56. The van der Waals surface area contributed by atoms with E-state index in [-0.39, 0.29) is 12.0 Å². The van der Waals surface area contributed by atoms with Crippen molar-refractivity contribution in [2.24, 2.45) is 16.5 Å². The highest BCUT2D eigenvalue weighted by molar-refractivity contribution is 5.75. The maximum atomic E-state index is 11.0. The molecule has 0 fully saturated rings. The predicted octanol–water partition coefficient (Wildman–Crippen LogP) is 0.706. The third-order valence-corrected chi connectivity index (χ3v) is 2.82. The highest BCUT2D eigenvalue weighted by atomic mass is 16.1. The molecule has 0 saturated carbocycles. The molecule has 0 aromatic heterocycles. The smallest absolute Gasteiger partial charge is 0.185 e. The van der Waals surface area contributed by atoms with E-state index in [0.29, 0.717) is 13.1 Å². The standard InChI is InChI=1S/C14H22N4O/c1-11-4-6-12(7-5-11)9-18-13(10-19)3-2-8-17-14(15)16/h4-7,10,13,18H,2-3,8-9H2,1H3,(H4,15,16,17)/t13-/m0/s1. The van der Waals surface area contributed by atoms with Crippen molar-refractivity contribution in [3.63, 3.8) is 0 Å². The molecule has 0 aliphatic heterocycles. The lowest BCUT2D eigenvalue weighted by atomic mass is 10.1. The number of aldehydes is 1. The number of guanidine groups is 1. The minimum absolute atomic E-state index is 0.0928. The minimum atomic E-state index is -0.157. The number of nitrogens with two attached hydrogens (primary N) is 2. The van der Waals surface area contributed by atoms with Gasteiger partial charge in [-0.05, 0) is 25.3 Å². The van der Waals surface area contributed by atoms with Crippen molar-refractivity contribution in [3.05, 3.63) is 35.4 Å². The number of nitrogens with one attached hydrogen (secondary N) is 1. The van der Waals surface area contributed by atoms with E-state index in [2.05, 4.69) is 41.5 Å². The Morgan fingerprint density at radius 3 is 2.63 bits per heavy atom. The summed E-state index contributed by atoms with van der Waals surface area (Å²) in [5.41, 5.74) is 12.9. The molecule has 19 heavy (non-hydrogen) atoms. The first-order valence-electron chi connectivity index (χ1n) is 6.41. The molecule has 104 valence electrons. The quantitative estimate of drug-likeness (QED) is 0.278. The second kappa shape index (κ2) is 8.26. The molecule has 0 unspecified atom stereocenters. The summed E-state index contributed by atoms with van der Waals surface area (Å²) < 4.78 is 0. The van der Waals surface area contributed by atoms with Crippen molar-refractivity contribution in [2.75, 3.05) is 6.54 Å². The van der Waals surface area contributed by atoms with Crippen molar-refractivity contribution in [1.82, 2.24) is 5.32 Å². The van der Waals surface area contributed by atoms with Crippen molar-refractivity contribution in [1.29, 1.82) is 0 Å². The van der Waals surface area contributed by atoms with Crippen LogP contribution >= 0.6 is 0 Å². The molecular weight excluding hydrogens is 240 g/mol. The average Bonchev–Trinajstić information content (AvgIpc) is 2.39. The van der Waals surface area contributed by atoms with Gasteiger partial charge in [-0.1, -0.05) is 29.8 Å². The van der Waals surface area contributed by atoms with E-state index in [9.17, 15) is 4.79 Å². The van der Waals surface area contributed by atoms with E-state index in [4.69, 9.17) is 11.5 Å². The molecule has 0 amide bonds. The van der Waals surface area contributed by atoms with Gasteiger partial charge in [0.15, 0.2) is 5.96 Å². The Morgan fingerprint density at radius 2 is 2.05 bits per heavy atom. The van der Waals surface area contributed by atoms with Gasteiger partial charge in [-0.3, -0.25) is 4.99 Å². The average molecular weight is 262 g/mol. The summed E-state index contributed by atoms with van der Waals surface area (Å²) in [5, 5.41) is 3.21. The summed E-state index contributed by atoms with van der Waals surface area (Å²) in [6, 6.07) is 8.08. The van der Waals surface area contributed by atoms with Crippen molar-refractivity contribution in [3.8, 4) is 0 Å². The Hall–Kier alpha value is -1.88. The van der Waals surface area contributed by atoms with E-state index in [1.807, 2.05) is 0 Å². The first kappa shape index (κ1) is 15.2. The van der Waals surface area contributed by atoms with Crippen molar-refractivity contribution >= 4 is 12.2 Å². The molecular formula is C14H22N4O. The number of benzene rings is 1. The molecule has 1 atom stereocenters. The largest absolute Gasteiger partial charge is 0.370 e. The van der Waals surface area contributed by atoms with Gasteiger partial charge in [0.05, 0.1) is 6.04 Å². The first-order chi connectivity index (χ1) is 9.11. The Bertz CT molecular complexity index is 410. The lowest BCUT2D eigenvalue weighted by Gasteiger charge is -2.12. The van der Waals surface area contributed by atoms with Gasteiger partial charge in [0, 0.05) is 13.1 Å². The summed E-state index contributed by atoms with van der Waals surface area (Å²) in [4.78, 5) is 14.8. The number of aliphatic imine (C=N–C) groups is 1. The highest BCUT2D eigenvalue weighted by Gasteiger charge is 2.05. The third kappa shape index (κ3) is 6.57. The van der Waals surface area contributed by atoms with Crippen LogP contribution in [0.2, 0.25) is 0 Å². The van der Waals surface area contributed by atoms with Gasteiger partial charge in [0.2, 0.25) is 0 Å². The fourth-order valence-electron chi connectivity index (χ4n) is 1.69. The minimum Gasteiger partial charge on any atom is -0.370 e. The SMILES string of the molecule is Cc1ccc(CN[C@H](C=O)CCCN=C(N)N)cc1. The van der Waals surface area contributed by atoms with Crippen LogP contribution in [0.1, 0.15) is 24.0 Å². The van der Waals surface area contributed by atoms with Gasteiger partial charge in [0.1, 0.15) is 6.29 Å². The van der Waals surface area contributed by atoms with Crippen molar-refractivity contribution < 1.29 is 4.79 Å². The third-order valence-electron chi connectivity index (χ3n) is 2.82. The number of hydrogen-bond acceptors (Lipinski definition) is 3. The summed E-state index contributed by atoms with van der Waals surface area (Å²) in [5.74, 6) is 0.0928. The number of hydrogen-bond donors (Lipinski definition) is 3. The zero-order valence-electron chi connectivity index (χ0n) is 11.3. The fourth-order valence-corrected chi connectivity index (χ4v) is 1.69. The van der Waals surface area contributed by atoms with Crippen LogP contribution in [-0.4, -0.2) is 24.8 Å². The van der Waals surface area contributed by atoms with Gasteiger partial charge >= 0.3 is 0 Å². The van der Waals surface area contributed by atoms with Crippen LogP contribution in [-0.2, 0) is 11.3 Å². The molecule has 5 heteroatoms. The van der Waals surface area contributed by atoms with E-state index in [0.717, 1.165) is 19.1 Å². The Labute approximate surface area is 114 Å². The molecule has 5 N–H and O–H groups in total. The van der Waals surface area contributed by atoms with Crippen LogP contribution in [0.3, 0.4) is 0 Å². The van der Waals surface area contributed by atoms with Crippen molar-refractivity contribution in [2.45, 2.75) is 32.4 Å². The zero-order chi connectivity index (χ0) is 14.1. The number of carbonyl (C=O) groups excluding carboxylic acids is 1. The van der Waals surface area contributed by atoms with Gasteiger partial charge in [-0.15, -0.1) is 0 Å². The molecule has 0 heterocycles. The lowest BCUT2D eigenvalue weighted by Crippen LogP contribution is -2.30. The van der Waals surface area contributed by atoms with Crippen LogP contribution in [0.5, 0.6) is 0 Å². The van der Waals surface area contributed by atoms with Gasteiger partial charge < -0.3 is 21.6 Å². The lowest BCUT2D eigenvalue weighted by molar-refractivity contribution is -0.109. The number of aryl methyl sites for hydroxylation is 1. The monoisotopic (exact) mass is 262 g/mol. The number of nitrogens with zero attached hydrogens (tertiary/aromatic N) is 1. The second-order valence-electron chi connectivity index (χ2n) is 4.56. The molecule has 0 aliphatic rings. The summed E-state index contributed by atoms with van der Waals surface area (Å²) in [6.07, 6.45) is 2.44. The Balaban J connectivity index is 2.30. The summed E-state index contributed by atoms with van der Waals surface area (Å²) >= 11 is 0. The summed E-state index contributed by atoms with van der Waals surface area (Å²) in [7, 11) is 0. The van der Waals surface area contributed by atoms with Crippen LogP contribution in [0, 0.1) is 6.92 Å². The van der Waals surface area contributed by atoms with Gasteiger partial charge in [0.25, 0.3) is 0 Å². The first-order valence-corrected chi connectivity index (χ1v) is 6.41. The Kier molecular flexibility index (Phi) is 6.60. The van der Waals surface area contributed by atoms with Gasteiger partial charge in [-0.25, -0.2) is 0 Å². The zero-order valence-corrected chi connectivity index (χ0v) is 11.3. The maximum Gasteiger partial charge on any atom is 0.185 e. The Morgan fingerprint density at radius 1 is 1.37 bits per heavy atom. The molecule has 0 aliphatic carbocycles. The topological polar surface area (TPSA) is 93.5 Å². The van der Waals surface area contributed by atoms with E-state index in [1.165, 1.54) is 11.1 Å². The predicted molar refractivity (Wildman–Crippen MR) is 77.8 cm³/mol. The maximum absolute atomic E-state index is 11.0. The van der Waals surface area contributed by atoms with Crippen LogP contribution in [0.4, 0.5) is 0 Å². The molecule has 1 aromatic carbocycles. The molecule has 0 radical (unpaired) electrons. The van der Waals surface area contributed by atoms with E-state index >= 15 is 0 Å². The number of carbonyl (C=O) groups is 1. The van der Waals surface area contributed by atoms with E-state index < -0.39 is 0 Å². The molecule has 0 spiro atoms. The fraction of sp³-hybridized carbons (Fsp3) is 0.429. The van der Waals surface area contributed by atoms with Gasteiger partial charge in [-0.2, -0.15) is 0 Å². The number of rotatable bonds is 8. The molecule has 0 saturated heterocycles. The molecule has 1 rings (SSSR count). The molecule has 0 bridgehead atoms. The highest BCUT2D eigenvalue weighted by Crippen LogP contribution is 2.04. The summed E-state index contributed by atoms with van der Waals surface area (Å²) in [6.45, 7) is 3.29. The normalized spacial score (nSPS) is 11.8. The van der Waals surface area contributed by atoms with Crippen LogP contribution in [0.25, 0.3) is 0 Å². The van der Waals surface area contributed by atoms with Crippen LogP contribution in [0.15, 0.2) is 29.3 Å². The molecule has 5 nitrogen and oxygen atoms in total.